The number of thiazole rings is 1. The first-order chi connectivity index (χ1) is 8.77. The van der Waals surface area contributed by atoms with Crippen molar-refractivity contribution in [3.63, 3.8) is 0 Å². The molecule has 0 aliphatic carbocycles. The Morgan fingerprint density at radius 1 is 1.11 bits per heavy atom. The Morgan fingerprint density at radius 3 is 2.61 bits per heavy atom. The van der Waals surface area contributed by atoms with Crippen molar-refractivity contribution in [3.8, 4) is 0 Å². The van der Waals surface area contributed by atoms with Crippen LogP contribution >= 0.6 is 11.3 Å². The molecule has 0 saturated carbocycles. The highest BCUT2D eigenvalue weighted by Crippen LogP contribution is 2.12. The lowest BCUT2D eigenvalue weighted by Gasteiger charge is -2.06. The van der Waals surface area contributed by atoms with Crippen molar-refractivity contribution in [2.45, 2.75) is 26.7 Å². The van der Waals surface area contributed by atoms with Crippen LogP contribution in [0.5, 0.6) is 0 Å². The summed E-state index contributed by atoms with van der Waals surface area (Å²) in [5.74, 6) is 0. The van der Waals surface area contributed by atoms with E-state index in [4.69, 9.17) is 0 Å². The Balaban J connectivity index is 1.68. The van der Waals surface area contributed by atoms with E-state index in [9.17, 15) is 0 Å². The Kier molecular flexibility index (Phi) is 4.90. The van der Waals surface area contributed by atoms with Crippen LogP contribution in [0, 0.1) is 13.8 Å². The zero-order chi connectivity index (χ0) is 12.8. The van der Waals surface area contributed by atoms with Gasteiger partial charge in [0.05, 0.1) is 11.2 Å². The van der Waals surface area contributed by atoms with E-state index in [0.29, 0.717) is 0 Å². The molecule has 1 N–H and O–H groups in total. The van der Waals surface area contributed by atoms with Crippen LogP contribution in [0.15, 0.2) is 29.8 Å². The molecular formula is C15H20N2S. The molecule has 0 radical (unpaired) electrons. The fraction of sp³-hybridized carbons (Fsp3) is 0.400. The van der Waals surface area contributed by atoms with E-state index in [-0.39, 0.29) is 0 Å². The molecule has 0 unspecified atom stereocenters. The molecule has 0 saturated heterocycles. The van der Waals surface area contributed by atoms with E-state index >= 15 is 0 Å². The number of nitrogens with zero attached hydrogens (tertiary/aromatic N) is 1. The summed E-state index contributed by atoms with van der Waals surface area (Å²) in [6.45, 7) is 6.34. The molecule has 2 rings (SSSR count). The third-order valence-corrected chi connectivity index (χ3v) is 4.20. The highest BCUT2D eigenvalue weighted by Gasteiger charge is 2.00. The molecular weight excluding hydrogens is 240 g/mol. The van der Waals surface area contributed by atoms with Crippen molar-refractivity contribution < 1.29 is 0 Å². The summed E-state index contributed by atoms with van der Waals surface area (Å²) in [6.07, 6.45) is 2.19. The van der Waals surface area contributed by atoms with Gasteiger partial charge in [-0.25, -0.2) is 4.98 Å². The van der Waals surface area contributed by atoms with Crippen LogP contribution in [0.3, 0.4) is 0 Å². The molecule has 1 aromatic carbocycles. The van der Waals surface area contributed by atoms with Gasteiger partial charge in [-0.3, -0.25) is 0 Å². The number of benzene rings is 1. The molecule has 2 aromatic rings. The smallest absolute Gasteiger partial charge is 0.0797 e. The topological polar surface area (TPSA) is 24.9 Å². The van der Waals surface area contributed by atoms with E-state index < -0.39 is 0 Å². The highest BCUT2D eigenvalue weighted by molar-refractivity contribution is 7.09. The van der Waals surface area contributed by atoms with Gasteiger partial charge in [0, 0.05) is 11.4 Å². The average Bonchev–Trinajstić information content (AvgIpc) is 2.77. The minimum atomic E-state index is 1.04. The number of aryl methyl sites for hydroxylation is 2. The van der Waals surface area contributed by atoms with Gasteiger partial charge in [-0.2, -0.15) is 0 Å². The van der Waals surface area contributed by atoms with Crippen LogP contribution in [0.1, 0.15) is 21.7 Å². The first-order valence-electron chi connectivity index (χ1n) is 6.41. The molecule has 0 spiro atoms. The molecule has 18 heavy (non-hydrogen) atoms. The van der Waals surface area contributed by atoms with Crippen LogP contribution in [0.4, 0.5) is 0 Å². The Hall–Kier alpha value is -1.19. The SMILES string of the molecule is Cc1ccccc1CCNCCc1scnc1C. The van der Waals surface area contributed by atoms with Gasteiger partial charge in [-0.15, -0.1) is 11.3 Å². The maximum Gasteiger partial charge on any atom is 0.0797 e. The van der Waals surface area contributed by atoms with Gasteiger partial charge in [-0.05, 0) is 44.4 Å². The minimum Gasteiger partial charge on any atom is -0.316 e. The average molecular weight is 260 g/mol. The number of aromatic nitrogens is 1. The maximum absolute atomic E-state index is 4.27. The third-order valence-electron chi connectivity index (χ3n) is 3.21. The number of hydrogen-bond acceptors (Lipinski definition) is 3. The summed E-state index contributed by atoms with van der Waals surface area (Å²) in [5.41, 5.74) is 5.94. The van der Waals surface area contributed by atoms with Crippen LogP contribution < -0.4 is 5.32 Å². The largest absolute Gasteiger partial charge is 0.316 e. The molecule has 0 aliphatic rings. The van der Waals surface area contributed by atoms with Crippen molar-refractivity contribution in [1.82, 2.24) is 10.3 Å². The van der Waals surface area contributed by atoms with E-state index in [1.807, 2.05) is 5.51 Å². The van der Waals surface area contributed by atoms with Crippen LogP contribution in [-0.2, 0) is 12.8 Å². The first kappa shape index (κ1) is 13.2. The molecule has 96 valence electrons. The first-order valence-corrected chi connectivity index (χ1v) is 7.29. The Bertz CT molecular complexity index is 491. The molecule has 0 aliphatic heterocycles. The van der Waals surface area contributed by atoms with E-state index in [1.54, 1.807) is 11.3 Å². The van der Waals surface area contributed by atoms with Gasteiger partial charge in [0.2, 0.25) is 0 Å². The molecule has 1 heterocycles. The van der Waals surface area contributed by atoms with Crippen LogP contribution in [-0.4, -0.2) is 18.1 Å². The lowest BCUT2D eigenvalue weighted by atomic mass is 10.1. The quantitative estimate of drug-likeness (QED) is 0.807. The van der Waals surface area contributed by atoms with Gasteiger partial charge in [0.1, 0.15) is 0 Å². The van der Waals surface area contributed by atoms with Crippen molar-refractivity contribution >= 4 is 11.3 Å². The monoisotopic (exact) mass is 260 g/mol. The zero-order valence-corrected chi connectivity index (χ0v) is 11.9. The second kappa shape index (κ2) is 6.66. The second-order valence-electron chi connectivity index (χ2n) is 4.54. The van der Waals surface area contributed by atoms with Crippen molar-refractivity contribution in [3.05, 3.63) is 51.5 Å². The van der Waals surface area contributed by atoms with Crippen LogP contribution in [0.2, 0.25) is 0 Å². The van der Waals surface area contributed by atoms with E-state index in [1.165, 1.54) is 21.7 Å². The molecule has 0 atom stereocenters. The van der Waals surface area contributed by atoms with E-state index in [2.05, 4.69) is 48.4 Å². The summed E-state index contributed by atoms with van der Waals surface area (Å²) >= 11 is 1.76. The number of hydrogen-bond donors (Lipinski definition) is 1. The fourth-order valence-corrected chi connectivity index (χ4v) is 2.79. The number of nitrogens with one attached hydrogen (secondary N) is 1. The number of rotatable bonds is 6. The predicted octanol–water partition coefficient (Wildman–Crippen LogP) is 3.13. The fourth-order valence-electron chi connectivity index (χ4n) is 2.01. The molecule has 3 heteroatoms. The molecule has 2 nitrogen and oxygen atoms in total. The Morgan fingerprint density at radius 2 is 1.89 bits per heavy atom. The van der Waals surface area contributed by atoms with Crippen molar-refractivity contribution in [2.75, 3.05) is 13.1 Å². The molecule has 1 aromatic heterocycles. The molecule has 0 bridgehead atoms. The molecule has 0 fully saturated rings. The summed E-state index contributed by atoms with van der Waals surface area (Å²) in [5, 5.41) is 3.51. The van der Waals surface area contributed by atoms with Crippen molar-refractivity contribution in [2.24, 2.45) is 0 Å². The molecule has 0 amide bonds. The van der Waals surface area contributed by atoms with Gasteiger partial charge in [0.25, 0.3) is 0 Å². The minimum absolute atomic E-state index is 1.04. The summed E-state index contributed by atoms with van der Waals surface area (Å²) in [4.78, 5) is 5.67. The lowest BCUT2D eigenvalue weighted by Crippen LogP contribution is -2.20. The zero-order valence-electron chi connectivity index (χ0n) is 11.1. The summed E-state index contributed by atoms with van der Waals surface area (Å²) in [6, 6.07) is 8.60. The normalized spacial score (nSPS) is 10.8. The van der Waals surface area contributed by atoms with Gasteiger partial charge >= 0.3 is 0 Å². The van der Waals surface area contributed by atoms with Gasteiger partial charge in [-0.1, -0.05) is 24.3 Å². The van der Waals surface area contributed by atoms with Gasteiger partial charge in [0.15, 0.2) is 0 Å². The van der Waals surface area contributed by atoms with E-state index in [0.717, 1.165) is 25.9 Å². The summed E-state index contributed by atoms with van der Waals surface area (Å²) < 4.78 is 0. The second-order valence-corrected chi connectivity index (χ2v) is 5.48. The predicted molar refractivity (Wildman–Crippen MR) is 78.3 cm³/mol. The standard InChI is InChI=1S/C15H20N2S/c1-12-5-3-4-6-14(12)7-9-16-10-8-15-13(2)17-11-18-15/h3-6,11,16H,7-10H2,1-2H3. The lowest BCUT2D eigenvalue weighted by molar-refractivity contribution is 0.682. The third kappa shape index (κ3) is 3.65. The van der Waals surface area contributed by atoms with Gasteiger partial charge < -0.3 is 5.32 Å². The highest BCUT2D eigenvalue weighted by atomic mass is 32.1. The van der Waals surface area contributed by atoms with Crippen molar-refractivity contribution in [1.29, 1.82) is 0 Å². The summed E-state index contributed by atoms with van der Waals surface area (Å²) in [7, 11) is 0. The van der Waals surface area contributed by atoms with Crippen LogP contribution in [0.25, 0.3) is 0 Å². The maximum atomic E-state index is 4.27. The Labute approximate surface area is 113 Å².